The molecule has 0 aliphatic heterocycles. The fourth-order valence-corrected chi connectivity index (χ4v) is 9.99. The fourth-order valence-electron chi connectivity index (χ4n) is 9.99. The zero-order valence-electron chi connectivity index (χ0n) is 26.5. The molecule has 0 N–H and O–H groups in total. The molecule has 4 rings (SSSR count). The second kappa shape index (κ2) is 13.1. The number of rotatable bonds is 10. The van der Waals surface area contributed by atoms with Gasteiger partial charge in [0, 0.05) is 38.5 Å². The Morgan fingerprint density at radius 3 is 2.24 bits per heavy atom. The molecule has 0 radical (unpaired) electrons. The van der Waals surface area contributed by atoms with Gasteiger partial charge in [-0.25, -0.2) is 0 Å². The van der Waals surface area contributed by atoms with E-state index < -0.39 is 0 Å². The van der Waals surface area contributed by atoms with Gasteiger partial charge >= 0.3 is 23.9 Å². The van der Waals surface area contributed by atoms with E-state index in [-0.39, 0.29) is 88.5 Å². The summed E-state index contributed by atoms with van der Waals surface area (Å²) in [6, 6.07) is 0. The van der Waals surface area contributed by atoms with Crippen LogP contribution in [0.3, 0.4) is 0 Å². The molecule has 0 unspecified atom stereocenters. The minimum Gasteiger partial charge on any atom is -0.465 e. The summed E-state index contributed by atoms with van der Waals surface area (Å²) in [5.41, 5.74) is -0.327. The highest BCUT2D eigenvalue weighted by molar-refractivity contribution is 5.69. The first-order valence-electron chi connectivity index (χ1n) is 16.1. The van der Waals surface area contributed by atoms with Gasteiger partial charge in [0.2, 0.25) is 0 Å². The van der Waals surface area contributed by atoms with Gasteiger partial charge in [-0.1, -0.05) is 26.8 Å². The number of hydrogen-bond acceptors (Lipinski definition) is 8. The van der Waals surface area contributed by atoms with Crippen LogP contribution in [-0.2, 0) is 38.1 Å². The molecule has 0 aromatic carbocycles. The topological polar surface area (TPSA) is 105 Å². The van der Waals surface area contributed by atoms with Crippen molar-refractivity contribution in [3.8, 4) is 0 Å². The average Bonchev–Trinajstić information content (AvgIpc) is 3.26. The van der Waals surface area contributed by atoms with Crippen LogP contribution >= 0.6 is 0 Å². The minimum atomic E-state index is -0.296. The van der Waals surface area contributed by atoms with E-state index in [2.05, 4.69) is 27.4 Å². The maximum Gasteiger partial charge on any atom is 0.305 e. The highest BCUT2D eigenvalue weighted by Crippen LogP contribution is 2.69. The maximum atomic E-state index is 12.5. The SMILES string of the molecule is C=CCCOC(=O)CC[C@@H](C)[C@H]1CC[C@H]2[C@@H]3[C@H](OC(C)=O)C[C@@H]4C[C@H](OC(C)=O)CC[C@]4(C)[C@H]3C[C@H](OC(C)=O)[C@]12C. The molecule has 0 heterocycles. The van der Waals surface area contributed by atoms with Crippen LogP contribution in [0.25, 0.3) is 0 Å². The highest BCUT2D eigenvalue weighted by Gasteiger charge is 2.67. The van der Waals surface area contributed by atoms with Gasteiger partial charge in [-0.2, -0.15) is 0 Å². The van der Waals surface area contributed by atoms with Crippen molar-refractivity contribution in [2.75, 3.05) is 6.61 Å². The van der Waals surface area contributed by atoms with E-state index in [9.17, 15) is 19.2 Å². The second-order valence-corrected chi connectivity index (χ2v) is 14.1. The number of hydrogen-bond donors (Lipinski definition) is 0. The second-order valence-electron chi connectivity index (χ2n) is 14.1. The van der Waals surface area contributed by atoms with E-state index >= 15 is 0 Å². The molecule has 0 bridgehead atoms. The Kier molecular flexibility index (Phi) is 10.1. The number of carbonyl (C=O) groups is 4. The molecule has 0 aromatic rings. The van der Waals surface area contributed by atoms with E-state index in [1.54, 1.807) is 6.08 Å². The highest BCUT2D eigenvalue weighted by atomic mass is 16.6. The summed E-state index contributed by atoms with van der Waals surface area (Å²) >= 11 is 0. The van der Waals surface area contributed by atoms with Gasteiger partial charge in [-0.05, 0) is 92.8 Å². The van der Waals surface area contributed by atoms with E-state index in [1.807, 2.05) is 0 Å². The molecule has 4 fully saturated rings. The Hall–Kier alpha value is -2.38. The van der Waals surface area contributed by atoms with Crippen molar-refractivity contribution in [3.05, 3.63) is 12.7 Å². The molecule has 0 amide bonds. The Bertz CT molecular complexity index is 1040. The van der Waals surface area contributed by atoms with E-state index in [0.29, 0.717) is 25.9 Å². The summed E-state index contributed by atoms with van der Waals surface area (Å²) in [6.45, 7) is 15.3. The van der Waals surface area contributed by atoms with Crippen LogP contribution in [0.5, 0.6) is 0 Å². The third kappa shape index (κ3) is 6.42. The third-order valence-electron chi connectivity index (χ3n) is 11.8. The monoisotopic (exact) mass is 588 g/mol. The molecule has 11 atom stereocenters. The summed E-state index contributed by atoms with van der Waals surface area (Å²) < 4.78 is 23.4. The van der Waals surface area contributed by atoms with Crippen LogP contribution in [0, 0.1) is 46.3 Å². The first-order chi connectivity index (χ1) is 19.8. The molecule has 4 aliphatic rings. The summed E-state index contributed by atoms with van der Waals surface area (Å²) in [5, 5.41) is 0. The number of ether oxygens (including phenoxy) is 4. The first kappa shape index (κ1) is 32.5. The summed E-state index contributed by atoms with van der Waals surface area (Å²) in [5.74, 6) is 0.368. The van der Waals surface area contributed by atoms with Crippen molar-refractivity contribution in [2.45, 2.75) is 124 Å². The molecule has 236 valence electrons. The van der Waals surface area contributed by atoms with Crippen LogP contribution in [0.1, 0.15) is 106 Å². The summed E-state index contributed by atoms with van der Waals surface area (Å²) in [6.07, 6.45) is 8.81. The van der Waals surface area contributed by atoms with Crippen LogP contribution in [0.2, 0.25) is 0 Å². The lowest BCUT2D eigenvalue weighted by atomic mass is 9.43. The molecule has 8 nitrogen and oxygen atoms in total. The molecular formula is C34H52O8. The lowest BCUT2D eigenvalue weighted by Gasteiger charge is -2.64. The predicted octanol–water partition coefficient (Wildman–Crippen LogP) is 6.20. The van der Waals surface area contributed by atoms with E-state index in [0.717, 1.165) is 44.9 Å². The van der Waals surface area contributed by atoms with E-state index in [1.165, 1.54) is 20.8 Å². The molecule has 4 saturated carbocycles. The smallest absolute Gasteiger partial charge is 0.305 e. The van der Waals surface area contributed by atoms with Gasteiger partial charge in [-0.3, -0.25) is 19.2 Å². The molecule has 42 heavy (non-hydrogen) atoms. The predicted molar refractivity (Wildman–Crippen MR) is 157 cm³/mol. The molecule has 0 spiro atoms. The van der Waals surface area contributed by atoms with Crippen molar-refractivity contribution in [1.29, 1.82) is 0 Å². The lowest BCUT2D eigenvalue weighted by molar-refractivity contribution is -0.224. The lowest BCUT2D eigenvalue weighted by Crippen LogP contribution is -2.63. The van der Waals surface area contributed by atoms with Crippen LogP contribution < -0.4 is 0 Å². The van der Waals surface area contributed by atoms with Gasteiger partial charge in [0.1, 0.15) is 18.3 Å². The zero-order chi connectivity index (χ0) is 30.8. The van der Waals surface area contributed by atoms with Gasteiger partial charge in [0.15, 0.2) is 0 Å². The number of esters is 4. The van der Waals surface area contributed by atoms with Crippen molar-refractivity contribution in [1.82, 2.24) is 0 Å². The van der Waals surface area contributed by atoms with Crippen LogP contribution in [0.4, 0.5) is 0 Å². The van der Waals surface area contributed by atoms with Crippen molar-refractivity contribution in [2.24, 2.45) is 46.3 Å². The molecule has 0 aromatic heterocycles. The largest absolute Gasteiger partial charge is 0.465 e. The van der Waals surface area contributed by atoms with Gasteiger partial charge in [0.25, 0.3) is 0 Å². The van der Waals surface area contributed by atoms with Crippen molar-refractivity contribution in [3.63, 3.8) is 0 Å². The van der Waals surface area contributed by atoms with Crippen molar-refractivity contribution >= 4 is 23.9 Å². The van der Waals surface area contributed by atoms with Gasteiger partial charge in [-0.15, -0.1) is 6.58 Å². The third-order valence-corrected chi connectivity index (χ3v) is 11.8. The zero-order valence-corrected chi connectivity index (χ0v) is 26.5. The van der Waals surface area contributed by atoms with Crippen LogP contribution in [0.15, 0.2) is 12.7 Å². The molecule has 0 saturated heterocycles. The molecule has 4 aliphatic carbocycles. The Morgan fingerprint density at radius 1 is 0.905 bits per heavy atom. The quantitative estimate of drug-likeness (QED) is 0.129. The molecular weight excluding hydrogens is 536 g/mol. The summed E-state index contributed by atoms with van der Waals surface area (Å²) in [4.78, 5) is 49.1. The Balaban J connectivity index is 1.62. The van der Waals surface area contributed by atoms with Crippen molar-refractivity contribution < 1.29 is 38.1 Å². The number of carbonyl (C=O) groups excluding carboxylic acids is 4. The minimum absolute atomic E-state index is 0.0312. The first-order valence-corrected chi connectivity index (χ1v) is 16.1. The standard InChI is InChI=1S/C34H52O8/c1-8-9-16-39-31(38)13-10-20(2)26-11-12-27-32-28(19-30(34(26,27)7)42-23(5)37)33(6)15-14-25(40-21(3)35)17-24(33)18-29(32)41-22(4)36/h8,20,24-30,32H,1,9-19H2,2-7H3/t20-,24+,25-,26-,27+,28+,29-,30+,32+,33+,34-/m1/s1. The van der Waals surface area contributed by atoms with Gasteiger partial charge < -0.3 is 18.9 Å². The normalized spacial score (nSPS) is 39.5. The Morgan fingerprint density at radius 2 is 1.60 bits per heavy atom. The van der Waals surface area contributed by atoms with E-state index in [4.69, 9.17) is 18.9 Å². The summed E-state index contributed by atoms with van der Waals surface area (Å²) in [7, 11) is 0. The Labute approximate surface area is 251 Å². The van der Waals surface area contributed by atoms with Gasteiger partial charge in [0.05, 0.1) is 6.61 Å². The average molecular weight is 589 g/mol. The number of fused-ring (bicyclic) bond motifs is 5. The van der Waals surface area contributed by atoms with Crippen LogP contribution in [-0.4, -0.2) is 48.8 Å². The molecule has 8 heteroatoms. The maximum absolute atomic E-state index is 12.5. The fraction of sp³-hybridized carbons (Fsp3) is 0.824.